The summed E-state index contributed by atoms with van der Waals surface area (Å²) in [5.41, 5.74) is 6.77. The van der Waals surface area contributed by atoms with E-state index in [9.17, 15) is 9.59 Å². The van der Waals surface area contributed by atoms with Crippen molar-refractivity contribution in [3.05, 3.63) is 95.3 Å². The second kappa shape index (κ2) is 10.7. The minimum absolute atomic E-state index is 0.142. The maximum atomic E-state index is 12.3. The van der Waals surface area contributed by atoms with E-state index in [1.165, 1.54) is 0 Å². The Morgan fingerprint density at radius 1 is 1.00 bits per heavy atom. The van der Waals surface area contributed by atoms with Crippen molar-refractivity contribution in [2.24, 2.45) is 5.10 Å². The SMILES string of the molecule is CCOC(=O)c1ccc(-n2c(C)cc(/C=N\NC(=O)COc3cccc4ccccc34)c2C)cc1. The quantitative estimate of drug-likeness (QED) is 0.225. The van der Waals surface area contributed by atoms with E-state index in [1.807, 2.05) is 74.5 Å². The zero-order valence-corrected chi connectivity index (χ0v) is 19.9. The maximum absolute atomic E-state index is 12.3. The van der Waals surface area contributed by atoms with Crippen molar-refractivity contribution >= 4 is 28.9 Å². The number of ether oxygens (including phenoxy) is 2. The van der Waals surface area contributed by atoms with E-state index in [1.54, 1.807) is 25.3 Å². The summed E-state index contributed by atoms with van der Waals surface area (Å²) in [6, 6.07) is 22.8. The zero-order valence-electron chi connectivity index (χ0n) is 19.9. The number of carbonyl (C=O) groups excluding carboxylic acids is 2. The molecule has 1 amide bonds. The Hall–Kier alpha value is -4.39. The molecule has 1 heterocycles. The van der Waals surface area contributed by atoms with Gasteiger partial charge in [0.25, 0.3) is 5.91 Å². The molecule has 1 N–H and O–H groups in total. The van der Waals surface area contributed by atoms with Crippen LogP contribution in [0, 0.1) is 13.8 Å². The molecule has 0 unspecified atom stereocenters. The molecule has 0 saturated heterocycles. The number of carbonyl (C=O) groups is 2. The molecule has 3 aromatic carbocycles. The van der Waals surface area contributed by atoms with Gasteiger partial charge in [0, 0.05) is 28.0 Å². The van der Waals surface area contributed by atoms with Crippen LogP contribution in [0.2, 0.25) is 0 Å². The summed E-state index contributed by atoms with van der Waals surface area (Å²) in [4.78, 5) is 24.2. The molecule has 0 aliphatic heterocycles. The summed E-state index contributed by atoms with van der Waals surface area (Å²) < 4.78 is 12.8. The van der Waals surface area contributed by atoms with Gasteiger partial charge in [-0.05, 0) is 62.6 Å². The second-order valence-electron chi connectivity index (χ2n) is 7.99. The van der Waals surface area contributed by atoms with Crippen LogP contribution in [0.25, 0.3) is 16.5 Å². The van der Waals surface area contributed by atoms with Gasteiger partial charge in [-0.2, -0.15) is 5.10 Å². The Bertz CT molecular complexity index is 1380. The number of aryl methyl sites for hydroxylation is 1. The molecule has 0 bridgehead atoms. The number of amides is 1. The Kier molecular flexibility index (Phi) is 7.26. The summed E-state index contributed by atoms with van der Waals surface area (Å²) in [6.45, 7) is 5.93. The smallest absolute Gasteiger partial charge is 0.338 e. The van der Waals surface area contributed by atoms with E-state index in [0.29, 0.717) is 17.9 Å². The molecule has 0 atom stereocenters. The van der Waals surface area contributed by atoms with E-state index in [-0.39, 0.29) is 18.5 Å². The third kappa shape index (κ3) is 5.41. The number of hydrazone groups is 1. The van der Waals surface area contributed by atoms with Crippen molar-refractivity contribution in [3.63, 3.8) is 0 Å². The van der Waals surface area contributed by atoms with Crippen LogP contribution in [-0.2, 0) is 9.53 Å². The van der Waals surface area contributed by atoms with Crippen LogP contribution in [0.1, 0.15) is 34.2 Å². The van der Waals surface area contributed by atoms with Gasteiger partial charge >= 0.3 is 5.97 Å². The van der Waals surface area contributed by atoms with E-state index in [2.05, 4.69) is 15.1 Å². The first-order valence-electron chi connectivity index (χ1n) is 11.4. The minimum atomic E-state index is -0.349. The largest absolute Gasteiger partial charge is 0.483 e. The summed E-state index contributed by atoms with van der Waals surface area (Å²) in [5.74, 6) is -0.0368. The number of hydrogen-bond donors (Lipinski definition) is 1. The van der Waals surface area contributed by atoms with Crippen LogP contribution in [0.15, 0.2) is 77.9 Å². The monoisotopic (exact) mass is 469 g/mol. The summed E-state index contributed by atoms with van der Waals surface area (Å²) in [5, 5.41) is 6.11. The third-order valence-electron chi connectivity index (χ3n) is 5.61. The molecule has 0 saturated carbocycles. The number of nitrogens with zero attached hydrogens (tertiary/aromatic N) is 2. The Morgan fingerprint density at radius 2 is 1.74 bits per heavy atom. The molecule has 7 heteroatoms. The van der Waals surface area contributed by atoms with E-state index in [0.717, 1.165) is 33.4 Å². The first-order valence-corrected chi connectivity index (χ1v) is 11.4. The van der Waals surface area contributed by atoms with E-state index in [4.69, 9.17) is 9.47 Å². The molecule has 0 aliphatic carbocycles. The molecule has 4 aromatic rings. The van der Waals surface area contributed by atoms with Gasteiger partial charge in [-0.3, -0.25) is 4.79 Å². The van der Waals surface area contributed by atoms with Gasteiger partial charge in [-0.15, -0.1) is 0 Å². The van der Waals surface area contributed by atoms with Crippen molar-refractivity contribution in [2.45, 2.75) is 20.8 Å². The lowest BCUT2D eigenvalue weighted by molar-refractivity contribution is -0.123. The fraction of sp³-hybridized carbons (Fsp3) is 0.179. The van der Waals surface area contributed by atoms with Crippen molar-refractivity contribution in [3.8, 4) is 11.4 Å². The highest BCUT2D eigenvalue weighted by atomic mass is 16.5. The average molecular weight is 470 g/mol. The van der Waals surface area contributed by atoms with Crippen LogP contribution < -0.4 is 10.2 Å². The number of aromatic nitrogens is 1. The molecule has 1 aromatic heterocycles. The Balaban J connectivity index is 1.39. The van der Waals surface area contributed by atoms with Gasteiger partial charge in [0.2, 0.25) is 0 Å². The van der Waals surface area contributed by atoms with Crippen LogP contribution in [0.5, 0.6) is 5.75 Å². The van der Waals surface area contributed by atoms with E-state index >= 15 is 0 Å². The average Bonchev–Trinajstić information content (AvgIpc) is 3.15. The molecule has 0 spiro atoms. The van der Waals surface area contributed by atoms with Crippen LogP contribution in [0.4, 0.5) is 0 Å². The Morgan fingerprint density at radius 3 is 2.51 bits per heavy atom. The fourth-order valence-corrected chi connectivity index (χ4v) is 3.95. The van der Waals surface area contributed by atoms with Gasteiger partial charge in [0.05, 0.1) is 18.4 Å². The molecule has 7 nitrogen and oxygen atoms in total. The highest BCUT2D eigenvalue weighted by Crippen LogP contribution is 2.25. The van der Waals surface area contributed by atoms with Gasteiger partial charge in [0.15, 0.2) is 6.61 Å². The van der Waals surface area contributed by atoms with E-state index < -0.39 is 0 Å². The lowest BCUT2D eigenvalue weighted by Crippen LogP contribution is -2.24. The zero-order chi connectivity index (χ0) is 24.8. The van der Waals surface area contributed by atoms with Gasteiger partial charge in [-0.25, -0.2) is 10.2 Å². The lowest BCUT2D eigenvalue weighted by atomic mass is 10.1. The molecule has 0 radical (unpaired) electrons. The maximum Gasteiger partial charge on any atom is 0.338 e. The molecule has 0 fully saturated rings. The summed E-state index contributed by atoms with van der Waals surface area (Å²) >= 11 is 0. The van der Waals surface area contributed by atoms with Crippen molar-refractivity contribution in [1.29, 1.82) is 0 Å². The molecular formula is C28H27N3O4. The second-order valence-corrected chi connectivity index (χ2v) is 7.99. The van der Waals surface area contributed by atoms with Gasteiger partial charge < -0.3 is 14.0 Å². The van der Waals surface area contributed by atoms with Crippen molar-refractivity contribution in [1.82, 2.24) is 9.99 Å². The predicted molar refractivity (Wildman–Crippen MR) is 136 cm³/mol. The van der Waals surface area contributed by atoms with Crippen LogP contribution >= 0.6 is 0 Å². The molecule has 0 aliphatic rings. The van der Waals surface area contributed by atoms with Gasteiger partial charge in [0.1, 0.15) is 5.75 Å². The molecule has 35 heavy (non-hydrogen) atoms. The lowest BCUT2D eigenvalue weighted by Gasteiger charge is -2.10. The highest BCUT2D eigenvalue weighted by Gasteiger charge is 2.12. The number of rotatable bonds is 8. The molecule has 178 valence electrons. The number of fused-ring (bicyclic) bond motifs is 1. The van der Waals surface area contributed by atoms with Gasteiger partial charge in [-0.1, -0.05) is 36.4 Å². The van der Waals surface area contributed by atoms with Crippen LogP contribution in [-0.4, -0.2) is 35.9 Å². The molecular weight excluding hydrogens is 442 g/mol. The van der Waals surface area contributed by atoms with Crippen molar-refractivity contribution in [2.75, 3.05) is 13.2 Å². The topological polar surface area (TPSA) is 81.9 Å². The third-order valence-corrected chi connectivity index (χ3v) is 5.61. The van der Waals surface area contributed by atoms with Crippen molar-refractivity contribution < 1.29 is 19.1 Å². The summed E-state index contributed by atoms with van der Waals surface area (Å²) in [7, 11) is 0. The number of nitrogens with one attached hydrogen (secondary N) is 1. The minimum Gasteiger partial charge on any atom is -0.483 e. The summed E-state index contributed by atoms with van der Waals surface area (Å²) in [6.07, 6.45) is 1.61. The normalized spacial score (nSPS) is 11.1. The standard InChI is InChI=1S/C28H27N3O4/c1-4-34-28(33)22-12-14-24(15-13-22)31-19(2)16-23(20(31)3)17-29-30-27(32)18-35-26-11-7-9-21-8-5-6-10-25(21)26/h5-17H,4,18H2,1-3H3,(H,30,32)/b29-17-. The highest BCUT2D eigenvalue weighted by molar-refractivity contribution is 5.90. The first kappa shape index (κ1) is 23.8. The number of esters is 1. The predicted octanol–water partition coefficient (Wildman–Crippen LogP) is 4.95. The fourth-order valence-electron chi connectivity index (χ4n) is 3.95. The Labute approximate surface area is 204 Å². The number of hydrogen-bond acceptors (Lipinski definition) is 5. The van der Waals surface area contributed by atoms with Crippen LogP contribution in [0.3, 0.4) is 0 Å². The molecule has 4 rings (SSSR count). The first-order chi connectivity index (χ1) is 17.0. The number of benzene rings is 3.